The van der Waals surface area contributed by atoms with Crippen LogP contribution in [0.15, 0.2) is 35.3 Å². The number of carbonyl (C=O) groups excluding carboxylic acids is 1. The second kappa shape index (κ2) is 13.2. The minimum atomic E-state index is 0. The summed E-state index contributed by atoms with van der Waals surface area (Å²) in [5.74, 6) is 1.09. The van der Waals surface area contributed by atoms with E-state index in [1.165, 1.54) is 5.56 Å². The van der Waals surface area contributed by atoms with Crippen molar-refractivity contribution < 1.29 is 4.79 Å². The van der Waals surface area contributed by atoms with Crippen LogP contribution in [0.25, 0.3) is 0 Å². The first kappa shape index (κ1) is 25.9. The lowest BCUT2D eigenvalue weighted by Gasteiger charge is -2.33. The summed E-state index contributed by atoms with van der Waals surface area (Å²) in [5, 5.41) is 7.05. The third-order valence-corrected chi connectivity index (χ3v) is 6.12. The van der Waals surface area contributed by atoms with Gasteiger partial charge in [-0.25, -0.2) is 0 Å². The largest absolute Gasteiger partial charge is 0.357 e. The minimum Gasteiger partial charge on any atom is -0.357 e. The Labute approximate surface area is 204 Å². The summed E-state index contributed by atoms with van der Waals surface area (Å²) in [7, 11) is 0. The number of hydrogen-bond acceptors (Lipinski definition) is 4. The molecule has 1 aromatic rings. The maximum atomic E-state index is 11.5. The third kappa shape index (κ3) is 8.23. The molecule has 8 heteroatoms. The summed E-state index contributed by atoms with van der Waals surface area (Å²) in [6.45, 7) is 14.2. The molecule has 0 saturated carbocycles. The number of nitrogens with zero attached hydrogens (tertiary/aromatic N) is 4. The van der Waals surface area contributed by atoms with Crippen LogP contribution < -0.4 is 10.6 Å². The minimum absolute atomic E-state index is 0. The van der Waals surface area contributed by atoms with Crippen molar-refractivity contribution in [2.75, 3.05) is 52.4 Å². The molecule has 7 nitrogen and oxygen atoms in total. The lowest BCUT2D eigenvalue weighted by molar-refractivity contribution is -0.130. The highest BCUT2D eigenvalue weighted by Gasteiger charge is 2.29. The first-order valence-electron chi connectivity index (χ1n) is 11.4. The molecule has 0 spiro atoms. The molecule has 31 heavy (non-hydrogen) atoms. The topological polar surface area (TPSA) is 63.2 Å². The molecule has 174 valence electrons. The number of likely N-dealkylation sites (tertiary alicyclic amines) is 1. The Bertz CT molecular complexity index is 693. The predicted octanol–water partition coefficient (Wildman–Crippen LogP) is 1.99. The van der Waals surface area contributed by atoms with Gasteiger partial charge in [-0.15, -0.1) is 24.0 Å². The molecule has 2 aliphatic heterocycles. The second-order valence-corrected chi connectivity index (χ2v) is 8.45. The number of amides is 1. The maximum Gasteiger partial charge on any atom is 0.219 e. The van der Waals surface area contributed by atoms with Crippen LogP contribution in [-0.4, -0.2) is 91.0 Å². The molecular weight excluding hydrogens is 503 g/mol. The fourth-order valence-corrected chi connectivity index (χ4v) is 4.34. The number of benzene rings is 1. The van der Waals surface area contributed by atoms with Crippen LogP contribution in [0.2, 0.25) is 0 Å². The summed E-state index contributed by atoms with van der Waals surface area (Å²) in [6.07, 6.45) is 1.13. The number of halogens is 1. The van der Waals surface area contributed by atoms with E-state index in [4.69, 9.17) is 4.99 Å². The molecule has 2 fully saturated rings. The molecule has 2 heterocycles. The summed E-state index contributed by atoms with van der Waals surface area (Å²) in [6, 6.07) is 11.7. The quantitative estimate of drug-likeness (QED) is 0.314. The van der Waals surface area contributed by atoms with Gasteiger partial charge in [-0.3, -0.25) is 19.6 Å². The molecule has 2 unspecified atom stereocenters. The van der Waals surface area contributed by atoms with Gasteiger partial charge in [-0.2, -0.15) is 0 Å². The first-order valence-corrected chi connectivity index (χ1v) is 11.4. The van der Waals surface area contributed by atoms with Gasteiger partial charge in [-0.05, 0) is 25.8 Å². The normalized spacial score (nSPS) is 22.8. The van der Waals surface area contributed by atoms with E-state index in [0.717, 1.165) is 71.3 Å². The molecule has 0 bridgehead atoms. The van der Waals surface area contributed by atoms with Gasteiger partial charge in [0.05, 0.1) is 6.54 Å². The van der Waals surface area contributed by atoms with E-state index in [2.05, 4.69) is 64.6 Å². The average Bonchev–Trinajstić information content (AvgIpc) is 3.08. The molecule has 0 aliphatic carbocycles. The average molecular weight is 543 g/mol. The molecule has 2 N–H and O–H groups in total. The fraction of sp³-hybridized carbons (Fsp3) is 0.652. The third-order valence-electron chi connectivity index (χ3n) is 6.12. The Kier molecular flexibility index (Phi) is 11.0. The number of aliphatic imine (C=N–C) groups is 1. The summed E-state index contributed by atoms with van der Waals surface area (Å²) in [5.41, 5.74) is 1.37. The van der Waals surface area contributed by atoms with E-state index in [0.29, 0.717) is 12.1 Å². The molecule has 0 aromatic heterocycles. The highest BCUT2D eigenvalue weighted by molar-refractivity contribution is 14.0. The van der Waals surface area contributed by atoms with Gasteiger partial charge in [0.25, 0.3) is 0 Å². The van der Waals surface area contributed by atoms with E-state index >= 15 is 0 Å². The number of nitrogens with one attached hydrogen (secondary N) is 2. The monoisotopic (exact) mass is 542 g/mol. The Balaban J connectivity index is 0.00000341. The number of guanidine groups is 1. The van der Waals surface area contributed by atoms with Gasteiger partial charge in [0, 0.05) is 71.4 Å². The Morgan fingerprint density at radius 3 is 2.52 bits per heavy atom. The van der Waals surface area contributed by atoms with Crippen LogP contribution in [0.1, 0.15) is 32.8 Å². The van der Waals surface area contributed by atoms with E-state index in [1.54, 1.807) is 6.92 Å². The number of carbonyl (C=O) groups is 1. The van der Waals surface area contributed by atoms with Crippen molar-refractivity contribution in [1.82, 2.24) is 25.3 Å². The van der Waals surface area contributed by atoms with Gasteiger partial charge in [0.15, 0.2) is 5.96 Å². The zero-order valence-electron chi connectivity index (χ0n) is 19.2. The van der Waals surface area contributed by atoms with Crippen LogP contribution in [0.3, 0.4) is 0 Å². The van der Waals surface area contributed by atoms with Crippen LogP contribution >= 0.6 is 24.0 Å². The van der Waals surface area contributed by atoms with Crippen molar-refractivity contribution in [3.8, 4) is 0 Å². The first-order chi connectivity index (χ1) is 14.5. The van der Waals surface area contributed by atoms with Gasteiger partial charge in [0.1, 0.15) is 0 Å². The molecular formula is C23H39IN6O. The van der Waals surface area contributed by atoms with Crippen LogP contribution in [-0.2, 0) is 11.3 Å². The fourth-order valence-electron chi connectivity index (χ4n) is 4.34. The maximum absolute atomic E-state index is 11.5. The summed E-state index contributed by atoms with van der Waals surface area (Å²) >= 11 is 0. The highest BCUT2D eigenvalue weighted by Crippen LogP contribution is 2.20. The molecule has 3 rings (SSSR count). The molecule has 2 atom stereocenters. The molecule has 0 radical (unpaired) electrons. The van der Waals surface area contributed by atoms with Crippen LogP contribution in [0.4, 0.5) is 0 Å². The lowest BCUT2D eigenvalue weighted by Crippen LogP contribution is -2.49. The lowest BCUT2D eigenvalue weighted by atomic mass is 10.2. The van der Waals surface area contributed by atoms with Gasteiger partial charge < -0.3 is 15.5 Å². The number of piperazine rings is 1. The van der Waals surface area contributed by atoms with E-state index in [-0.39, 0.29) is 29.9 Å². The number of rotatable bonds is 7. The van der Waals surface area contributed by atoms with Crippen molar-refractivity contribution in [2.45, 2.75) is 45.8 Å². The van der Waals surface area contributed by atoms with Crippen molar-refractivity contribution in [3.63, 3.8) is 0 Å². The van der Waals surface area contributed by atoms with Gasteiger partial charge >= 0.3 is 0 Å². The van der Waals surface area contributed by atoms with Crippen molar-refractivity contribution in [1.29, 1.82) is 0 Å². The van der Waals surface area contributed by atoms with Crippen LogP contribution in [0.5, 0.6) is 0 Å². The molecule has 2 saturated heterocycles. The van der Waals surface area contributed by atoms with Crippen LogP contribution in [0, 0.1) is 0 Å². The highest BCUT2D eigenvalue weighted by atomic mass is 127. The van der Waals surface area contributed by atoms with Gasteiger partial charge in [0.2, 0.25) is 5.91 Å². The van der Waals surface area contributed by atoms with Gasteiger partial charge in [-0.1, -0.05) is 30.3 Å². The predicted molar refractivity (Wildman–Crippen MR) is 138 cm³/mol. The van der Waals surface area contributed by atoms with E-state index in [9.17, 15) is 4.79 Å². The molecule has 1 amide bonds. The Hall–Kier alpha value is -1.39. The van der Waals surface area contributed by atoms with E-state index in [1.807, 2.05) is 4.90 Å². The molecule has 1 aromatic carbocycles. The van der Waals surface area contributed by atoms with Crippen molar-refractivity contribution in [2.24, 2.45) is 4.99 Å². The van der Waals surface area contributed by atoms with Crippen molar-refractivity contribution >= 4 is 35.8 Å². The standard InChI is InChI=1S/C23H38N6O.HI/c1-4-24-23(25-10-11-27-12-14-28(15-13-27)20(3)30)26-22-16-19(2)29(18-22)17-21-8-6-5-7-9-21;/h5-9,19,22H,4,10-18H2,1-3H3,(H2,24,25,26);1H. The summed E-state index contributed by atoms with van der Waals surface area (Å²) in [4.78, 5) is 23.1. The van der Waals surface area contributed by atoms with E-state index < -0.39 is 0 Å². The summed E-state index contributed by atoms with van der Waals surface area (Å²) < 4.78 is 0. The molecule has 2 aliphatic rings. The smallest absolute Gasteiger partial charge is 0.219 e. The van der Waals surface area contributed by atoms with Crippen molar-refractivity contribution in [3.05, 3.63) is 35.9 Å². The Morgan fingerprint density at radius 1 is 1.16 bits per heavy atom. The number of hydrogen-bond donors (Lipinski definition) is 2. The SMILES string of the molecule is CCNC(=NCCN1CCN(C(C)=O)CC1)NC1CC(C)N(Cc2ccccc2)C1.I. The zero-order chi connectivity index (χ0) is 21.3. The Morgan fingerprint density at radius 2 is 1.87 bits per heavy atom. The second-order valence-electron chi connectivity index (χ2n) is 8.45. The zero-order valence-corrected chi connectivity index (χ0v) is 21.5.